The molecular weight excluding hydrogens is 776 g/mol. The average molecular weight is 849 g/mol. The number of halogens is 1. The van der Waals surface area contributed by atoms with Gasteiger partial charge in [0.05, 0.1) is 11.8 Å². The molecule has 0 amide bonds. The number of anilines is 3. The third-order valence-electron chi connectivity index (χ3n) is 10.4. The number of hydrogen-bond acceptors (Lipinski definition) is 10. The second-order valence-electron chi connectivity index (χ2n) is 19.4. The van der Waals surface area contributed by atoms with Crippen molar-refractivity contribution in [3.63, 3.8) is 0 Å². The first-order chi connectivity index (χ1) is 28.2. The van der Waals surface area contributed by atoms with Crippen LogP contribution in [0.4, 0.5) is 21.8 Å². The van der Waals surface area contributed by atoms with E-state index in [-0.39, 0.29) is 47.1 Å². The molecule has 3 atom stereocenters. The predicted molar refractivity (Wildman–Crippen MR) is 246 cm³/mol. The lowest BCUT2D eigenvalue weighted by Crippen LogP contribution is -2.39. The zero-order chi connectivity index (χ0) is 46.6. The van der Waals surface area contributed by atoms with E-state index in [1.54, 1.807) is 19.9 Å². The highest BCUT2D eigenvalue weighted by molar-refractivity contribution is 5.87. The number of ether oxygens (including phenoxy) is 1. The van der Waals surface area contributed by atoms with Gasteiger partial charge < -0.3 is 26.5 Å². The molecule has 0 saturated heterocycles. The van der Waals surface area contributed by atoms with Crippen LogP contribution in [0, 0.1) is 40.4 Å². The molecule has 7 N–H and O–H groups in total. The summed E-state index contributed by atoms with van der Waals surface area (Å²) in [4.78, 5) is 63.2. The van der Waals surface area contributed by atoms with E-state index < -0.39 is 34.1 Å². The summed E-state index contributed by atoms with van der Waals surface area (Å²) in [7, 11) is 1.86. The smallest absolute Gasteiger partial charge is 0.355 e. The maximum absolute atomic E-state index is 14.4. The van der Waals surface area contributed by atoms with Crippen LogP contribution in [0.2, 0.25) is 0 Å². The van der Waals surface area contributed by atoms with Crippen molar-refractivity contribution < 1.29 is 13.9 Å². The molecule has 0 radical (unpaired) electrons. The van der Waals surface area contributed by atoms with Crippen LogP contribution in [0.3, 0.4) is 0 Å². The topological polar surface area (TPSA) is 204 Å². The Morgan fingerprint density at radius 3 is 1.87 bits per heavy atom. The summed E-state index contributed by atoms with van der Waals surface area (Å²) >= 11 is 0. The van der Waals surface area contributed by atoms with Gasteiger partial charge in [0.1, 0.15) is 29.8 Å². The van der Waals surface area contributed by atoms with E-state index in [0.29, 0.717) is 35.7 Å². The molecule has 0 spiro atoms. The van der Waals surface area contributed by atoms with Crippen LogP contribution >= 0.6 is 0 Å². The van der Waals surface area contributed by atoms with Crippen LogP contribution in [0.25, 0.3) is 0 Å². The second-order valence-corrected chi connectivity index (χ2v) is 19.4. The van der Waals surface area contributed by atoms with Gasteiger partial charge in [0.25, 0.3) is 11.1 Å². The first-order valence-corrected chi connectivity index (χ1v) is 21.2. The average Bonchev–Trinajstić information content (AvgIpc) is 3.13. The molecule has 0 saturated carbocycles. The minimum absolute atomic E-state index is 0.0153. The monoisotopic (exact) mass is 849 g/mol. The third kappa shape index (κ3) is 15.3. The molecule has 0 aliphatic rings. The Kier molecular flexibility index (Phi) is 18.7. The normalized spacial score (nSPS) is 13.3. The number of nitrogens with one attached hydrogen (secondary N) is 3. The highest BCUT2D eigenvalue weighted by Gasteiger charge is 2.39. The number of hydrogen-bond donors (Lipinski definition) is 5. The maximum atomic E-state index is 14.4. The molecule has 0 aliphatic heterocycles. The number of aromatic nitrogens is 5. The molecule has 0 aliphatic carbocycles. The molecule has 4 heterocycles. The van der Waals surface area contributed by atoms with Crippen LogP contribution in [0.1, 0.15) is 136 Å². The Morgan fingerprint density at radius 2 is 1.38 bits per heavy atom. The molecule has 0 bridgehead atoms. The Hall–Kier alpha value is -5.27. The van der Waals surface area contributed by atoms with Crippen LogP contribution in [-0.2, 0) is 36.1 Å². The van der Waals surface area contributed by atoms with Crippen molar-refractivity contribution in [3.05, 3.63) is 108 Å². The van der Waals surface area contributed by atoms with Crippen molar-refractivity contribution in [2.75, 3.05) is 23.8 Å². The number of carbonyl (C=O) groups excluding carboxylic acids is 1. The zero-order valence-corrected chi connectivity index (χ0v) is 39.3. The molecule has 14 heteroatoms. The third-order valence-corrected chi connectivity index (χ3v) is 10.4. The number of pyridine rings is 3. The number of esters is 1. The van der Waals surface area contributed by atoms with Gasteiger partial charge in [0.2, 0.25) is 5.95 Å². The molecule has 0 fully saturated rings. The van der Waals surface area contributed by atoms with Crippen LogP contribution in [0.15, 0.2) is 56.8 Å². The first kappa shape index (κ1) is 51.9. The minimum Gasteiger partial charge on any atom is -0.455 e. The van der Waals surface area contributed by atoms with Crippen molar-refractivity contribution in [2.24, 2.45) is 34.5 Å². The van der Waals surface area contributed by atoms with Crippen LogP contribution in [0.5, 0.6) is 0 Å². The summed E-state index contributed by atoms with van der Waals surface area (Å²) in [6.07, 6.45) is 2.77. The van der Waals surface area contributed by atoms with Gasteiger partial charge in [-0.25, -0.2) is 19.6 Å². The molecule has 61 heavy (non-hydrogen) atoms. The molecular formula is C47H73FN8O5. The second kappa shape index (κ2) is 22.0. The Labute approximate surface area is 361 Å². The summed E-state index contributed by atoms with van der Waals surface area (Å²) in [5, 5.41) is 3.20. The van der Waals surface area contributed by atoms with E-state index in [1.165, 1.54) is 18.6 Å². The van der Waals surface area contributed by atoms with Crippen molar-refractivity contribution in [3.8, 4) is 0 Å². The van der Waals surface area contributed by atoms with E-state index in [9.17, 15) is 23.6 Å². The van der Waals surface area contributed by atoms with Gasteiger partial charge in [-0.1, -0.05) is 122 Å². The summed E-state index contributed by atoms with van der Waals surface area (Å²) in [5.74, 6) is 1.45. The molecule has 13 nitrogen and oxygen atoms in total. The van der Waals surface area contributed by atoms with Gasteiger partial charge in [-0.15, -0.1) is 0 Å². The minimum atomic E-state index is -1.05. The largest absolute Gasteiger partial charge is 0.455 e. The summed E-state index contributed by atoms with van der Waals surface area (Å²) in [6, 6.07) is 11.1. The maximum Gasteiger partial charge on any atom is 0.355 e. The number of rotatable bonds is 13. The van der Waals surface area contributed by atoms with Crippen LogP contribution < -0.4 is 33.6 Å². The number of aromatic amines is 2. The number of nitrogens with zero attached hydrogens (tertiary/aromatic N) is 3. The lowest BCUT2D eigenvalue weighted by atomic mass is 9.60. The van der Waals surface area contributed by atoms with Gasteiger partial charge >= 0.3 is 11.7 Å². The molecule has 338 valence electrons. The van der Waals surface area contributed by atoms with Crippen molar-refractivity contribution in [2.45, 2.75) is 135 Å². The summed E-state index contributed by atoms with van der Waals surface area (Å²) < 4.78 is 20.6. The number of carbonyl (C=O) groups is 1. The van der Waals surface area contributed by atoms with Crippen molar-refractivity contribution in [1.29, 1.82) is 0 Å². The molecule has 3 unspecified atom stereocenters. The van der Waals surface area contributed by atoms with E-state index in [0.717, 1.165) is 33.9 Å². The fourth-order valence-corrected chi connectivity index (χ4v) is 7.46. The fraction of sp³-hybridized carbons (Fsp3) is 0.574. The first-order valence-electron chi connectivity index (χ1n) is 21.2. The van der Waals surface area contributed by atoms with Crippen LogP contribution in [-0.4, -0.2) is 37.5 Å². The van der Waals surface area contributed by atoms with Gasteiger partial charge in [-0.2, -0.15) is 4.39 Å². The molecule has 4 aromatic rings. The van der Waals surface area contributed by atoms with Crippen molar-refractivity contribution in [1.82, 2.24) is 24.5 Å². The number of nitrogens with two attached hydrogens (primary N) is 2. The predicted octanol–water partition coefficient (Wildman–Crippen LogP) is 8.52. The zero-order valence-electron chi connectivity index (χ0n) is 39.3. The van der Waals surface area contributed by atoms with E-state index in [4.69, 9.17) is 16.2 Å². The SMILES string of the molecule is CC(C)C.CCC.CNc1nc(N)ccc1CC(C(C)C(Cc1ccc(COC(=O)c2ccc(C(C)(C)Cn3c(F)cc(=O)[nH]c3=O)c(=O)[nH]2)nc1N)C(C)(C)C)C(C)(C)C. The molecule has 0 aromatic carbocycles. The molecule has 4 rings (SSSR count). The fourth-order valence-electron chi connectivity index (χ4n) is 7.46. The number of nitrogen functional groups attached to an aromatic ring is 2. The highest BCUT2D eigenvalue weighted by atomic mass is 19.1. The van der Waals surface area contributed by atoms with Crippen molar-refractivity contribution >= 4 is 23.4 Å². The van der Waals surface area contributed by atoms with E-state index in [1.807, 2.05) is 24.2 Å². The quantitative estimate of drug-likeness (QED) is 0.0641. The summed E-state index contributed by atoms with van der Waals surface area (Å²) in [5.41, 5.74) is 11.6. The lowest BCUT2D eigenvalue weighted by Gasteiger charge is -2.44. The van der Waals surface area contributed by atoms with Gasteiger partial charge in [0, 0.05) is 24.6 Å². The van der Waals surface area contributed by atoms with E-state index in [2.05, 4.69) is 109 Å². The standard InChI is InChI=1S/C40H55FN8O5.C4H10.C3H8/c1-22(28(39(5,6)7)18-24-12-16-31(42)47-34(24)44-10)27(38(2,3)4)17-23-11-13-25(45-33(23)43)20-54-36(52)29-15-14-26(35(51)46-29)40(8,9)21-49-30(41)19-32(50)48-37(49)53;1-4(2)3;1-3-2/h11-16,19,22,27-28H,17-18,20-21H2,1-10H3,(H2,43,45)(H,46,51)(H3,42,44,47)(H,48,50,53);4H,1-3H3;3H2,1-2H3. The van der Waals surface area contributed by atoms with Gasteiger partial charge in [0.15, 0.2) is 0 Å². The number of H-pyrrole nitrogens is 2. The summed E-state index contributed by atoms with van der Waals surface area (Å²) in [6.45, 7) is 29.5. The highest BCUT2D eigenvalue weighted by Crippen LogP contribution is 2.46. The van der Waals surface area contributed by atoms with Gasteiger partial charge in [-0.3, -0.25) is 19.1 Å². The Balaban J connectivity index is 0.00000170. The van der Waals surface area contributed by atoms with E-state index >= 15 is 0 Å². The lowest BCUT2D eigenvalue weighted by molar-refractivity contribution is 0.0460. The van der Waals surface area contributed by atoms with Gasteiger partial charge in [-0.05, 0) is 76.7 Å². The molecule has 4 aromatic heterocycles. The Morgan fingerprint density at radius 1 is 0.836 bits per heavy atom. The Bertz CT molecular complexity index is 2230.